The summed E-state index contributed by atoms with van der Waals surface area (Å²) in [6.07, 6.45) is 0.0722. The average Bonchev–Trinajstić information content (AvgIpc) is 2.62. The molecule has 1 amide bonds. The third kappa shape index (κ3) is 4.08. The van der Waals surface area contributed by atoms with E-state index in [0.717, 1.165) is 31.5 Å². The zero-order valence-electron chi connectivity index (χ0n) is 14.5. The predicted octanol–water partition coefficient (Wildman–Crippen LogP) is 2.09. The van der Waals surface area contributed by atoms with Gasteiger partial charge in [-0.1, -0.05) is 0 Å². The quantitative estimate of drug-likeness (QED) is 0.877. The van der Waals surface area contributed by atoms with Gasteiger partial charge in [0, 0.05) is 50.8 Å². The van der Waals surface area contributed by atoms with Crippen LogP contribution in [0.5, 0.6) is 0 Å². The van der Waals surface area contributed by atoms with Crippen molar-refractivity contribution in [3.05, 3.63) is 18.0 Å². The van der Waals surface area contributed by atoms with Gasteiger partial charge in [0.2, 0.25) is 11.9 Å². The van der Waals surface area contributed by atoms with Gasteiger partial charge in [-0.2, -0.15) is 13.2 Å². The molecule has 144 valence electrons. The lowest BCUT2D eigenvalue weighted by atomic mass is 9.73. The van der Waals surface area contributed by atoms with Gasteiger partial charge in [0.05, 0.1) is 0 Å². The van der Waals surface area contributed by atoms with Crippen LogP contribution < -0.4 is 4.90 Å². The molecule has 3 heterocycles. The highest BCUT2D eigenvalue weighted by molar-refractivity contribution is 5.77. The summed E-state index contributed by atoms with van der Waals surface area (Å²) in [5.41, 5.74) is -1.09. The van der Waals surface area contributed by atoms with Crippen molar-refractivity contribution in [1.29, 1.82) is 0 Å². The van der Waals surface area contributed by atoms with Gasteiger partial charge < -0.3 is 14.9 Å². The topological polar surface area (TPSA) is 69.6 Å². The Balaban J connectivity index is 1.76. The second kappa shape index (κ2) is 7.38. The summed E-state index contributed by atoms with van der Waals surface area (Å²) in [6.45, 7) is 2.25. The molecular weight excluding hydrogens is 349 g/mol. The van der Waals surface area contributed by atoms with E-state index < -0.39 is 11.9 Å². The minimum absolute atomic E-state index is 0.0287. The van der Waals surface area contributed by atoms with Crippen LogP contribution >= 0.6 is 0 Å². The van der Waals surface area contributed by atoms with E-state index in [1.807, 2.05) is 0 Å². The van der Waals surface area contributed by atoms with Crippen molar-refractivity contribution in [3.63, 3.8) is 0 Å². The lowest BCUT2D eigenvalue weighted by Crippen LogP contribution is -2.54. The Morgan fingerprint density at radius 1 is 1.27 bits per heavy atom. The van der Waals surface area contributed by atoms with Crippen LogP contribution in [-0.2, 0) is 11.0 Å². The number of amides is 1. The van der Waals surface area contributed by atoms with Crippen LogP contribution in [0.3, 0.4) is 0 Å². The van der Waals surface area contributed by atoms with Crippen LogP contribution in [-0.4, -0.2) is 58.7 Å². The number of rotatable bonds is 4. The molecule has 1 spiro atoms. The molecule has 1 atom stereocenters. The van der Waals surface area contributed by atoms with Gasteiger partial charge in [0.1, 0.15) is 5.69 Å². The van der Waals surface area contributed by atoms with E-state index >= 15 is 0 Å². The molecule has 3 rings (SSSR count). The third-order valence-electron chi connectivity index (χ3n) is 5.21. The van der Waals surface area contributed by atoms with Crippen molar-refractivity contribution in [2.75, 3.05) is 37.7 Å². The maximum atomic E-state index is 12.9. The Labute approximate surface area is 150 Å². The van der Waals surface area contributed by atoms with Gasteiger partial charge in [-0.15, -0.1) is 0 Å². The second-order valence-corrected chi connectivity index (χ2v) is 7.16. The molecule has 6 nitrogen and oxygen atoms in total. The maximum Gasteiger partial charge on any atom is 0.433 e. The molecule has 2 saturated heterocycles. The number of hydrogen-bond acceptors (Lipinski definition) is 5. The highest BCUT2D eigenvalue weighted by atomic mass is 19.4. The van der Waals surface area contributed by atoms with E-state index in [4.69, 9.17) is 5.11 Å². The molecule has 2 aliphatic rings. The van der Waals surface area contributed by atoms with Crippen LogP contribution in [0.2, 0.25) is 0 Å². The molecule has 9 heteroatoms. The highest BCUT2D eigenvalue weighted by Gasteiger charge is 2.42. The molecule has 1 aromatic rings. The molecular formula is C17H23F3N4O2. The fraction of sp³-hybridized carbons (Fsp3) is 0.706. The monoisotopic (exact) mass is 372 g/mol. The number of carbonyl (C=O) groups is 1. The van der Waals surface area contributed by atoms with Crippen LogP contribution in [0.4, 0.5) is 19.1 Å². The smallest absolute Gasteiger partial charge is 0.396 e. The Bertz CT molecular complexity index is 655. The van der Waals surface area contributed by atoms with Gasteiger partial charge in [-0.3, -0.25) is 4.79 Å². The number of likely N-dealkylation sites (tertiary alicyclic amines) is 1. The van der Waals surface area contributed by atoms with Crippen molar-refractivity contribution in [2.24, 2.45) is 5.41 Å². The van der Waals surface area contributed by atoms with E-state index in [9.17, 15) is 18.0 Å². The molecule has 0 aliphatic carbocycles. The number of halogens is 3. The lowest BCUT2D eigenvalue weighted by Gasteiger charge is -2.48. The summed E-state index contributed by atoms with van der Waals surface area (Å²) < 4.78 is 38.8. The Morgan fingerprint density at radius 2 is 2.08 bits per heavy atom. The molecule has 26 heavy (non-hydrogen) atoms. The Hall–Kier alpha value is -1.90. The van der Waals surface area contributed by atoms with Crippen molar-refractivity contribution < 1.29 is 23.1 Å². The van der Waals surface area contributed by atoms with E-state index in [-0.39, 0.29) is 23.9 Å². The maximum absolute atomic E-state index is 12.9. The summed E-state index contributed by atoms with van der Waals surface area (Å²) in [7, 11) is 0. The second-order valence-electron chi connectivity index (χ2n) is 7.16. The van der Waals surface area contributed by atoms with Crippen molar-refractivity contribution in [1.82, 2.24) is 14.9 Å². The molecule has 0 aromatic carbocycles. The van der Waals surface area contributed by atoms with Crippen LogP contribution in [0.15, 0.2) is 12.3 Å². The molecule has 0 bridgehead atoms. The van der Waals surface area contributed by atoms with Crippen LogP contribution in [0, 0.1) is 5.41 Å². The number of aromatic nitrogens is 2. The Kier molecular flexibility index (Phi) is 5.36. The molecule has 2 fully saturated rings. The zero-order chi connectivity index (χ0) is 18.8. The fourth-order valence-corrected chi connectivity index (χ4v) is 3.94. The SMILES string of the molecule is O=C1CC[C@@]2(CCCN(c3nccc(C(F)(F)F)n3)C2)CN1CCCO. The summed E-state index contributed by atoms with van der Waals surface area (Å²) in [4.78, 5) is 23.4. The first kappa shape index (κ1) is 18.9. The van der Waals surface area contributed by atoms with E-state index in [1.54, 1.807) is 9.80 Å². The molecule has 1 aromatic heterocycles. The molecule has 0 unspecified atom stereocenters. The first-order valence-corrected chi connectivity index (χ1v) is 8.87. The summed E-state index contributed by atoms with van der Waals surface area (Å²) in [6, 6.07) is 0.874. The van der Waals surface area contributed by atoms with Gasteiger partial charge in [0.25, 0.3) is 0 Å². The lowest BCUT2D eigenvalue weighted by molar-refractivity contribution is -0.141. The van der Waals surface area contributed by atoms with E-state index in [1.165, 1.54) is 0 Å². The van der Waals surface area contributed by atoms with Crippen LogP contribution in [0.25, 0.3) is 0 Å². The van der Waals surface area contributed by atoms with Gasteiger partial charge >= 0.3 is 6.18 Å². The predicted molar refractivity (Wildman–Crippen MR) is 88.4 cm³/mol. The molecule has 0 radical (unpaired) electrons. The number of aliphatic hydroxyl groups is 1. The normalized spacial score (nSPS) is 24.4. The van der Waals surface area contributed by atoms with E-state index in [2.05, 4.69) is 9.97 Å². The van der Waals surface area contributed by atoms with Crippen molar-refractivity contribution in [3.8, 4) is 0 Å². The molecule has 1 N–H and O–H groups in total. The van der Waals surface area contributed by atoms with Crippen LogP contribution in [0.1, 0.15) is 37.8 Å². The fourth-order valence-electron chi connectivity index (χ4n) is 3.94. The summed E-state index contributed by atoms with van der Waals surface area (Å²) in [5, 5.41) is 9.01. The number of carbonyl (C=O) groups excluding carboxylic acids is 1. The number of alkyl halides is 3. The van der Waals surface area contributed by atoms with Gasteiger partial charge in [-0.05, 0) is 31.7 Å². The number of hydrogen-bond donors (Lipinski definition) is 1. The molecule has 0 saturated carbocycles. The first-order chi connectivity index (χ1) is 12.3. The van der Waals surface area contributed by atoms with Gasteiger partial charge in [-0.25, -0.2) is 9.97 Å². The van der Waals surface area contributed by atoms with Crippen molar-refractivity contribution in [2.45, 2.75) is 38.3 Å². The standard InChI is InChI=1S/C17H23F3N4O2/c18-17(19,20)13-4-7-21-15(22-13)24-8-1-5-16(12-24)6-3-14(26)23(11-16)9-2-10-25/h4,7,25H,1-3,5-6,8-12H2/t16-/m0/s1. The average molecular weight is 372 g/mol. The minimum Gasteiger partial charge on any atom is -0.396 e. The molecule has 2 aliphatic heterocycles. The van der Waals surface area contributed by atoms with E-state index in [0.29, 0.717) is 39.0 Å². The number of anilines is 1. The number of nitrogens with zero attached hydrogens (tertiary/aromatic N) is 4. The first-order valence-electron chi connectivity index (χ1n) is 8.87. The summed E-state index contributed by atoms with van der Waals surface area (Å²) in [5.74, 6) is 0.175. The zero-order valence-corrected chi connectivity index (χ0v) is 14.5. The summed E-state index contributed by atoms with van der Waals surface area (Å²) >= 11 is 0. The third-order valence-corrected chi connectivity index (χ3v) is 5.21. The van der Waals surface area contributed by atoms with Gasteiger partial charge in [0.15, 0.2) is 0 Å². The highest BCUT2D eigenvalue weighted by Crippen LogP contribution is 2.40. The minimum atomic E-state index is -4.50. The Morgan fingerprint density at radius 3 is 2.81 bits per heavy atom. The largest absolute Gasteiger partial charge is 0.433 e. The number of aliphatic hydroxyl groups excluding tert-OH is 1. The number of piperidine rings is 2. The van der Waals surface area contributed by atoms with Crippen molar-refractivity contribution >= 4 is 11.9 Å².